The van der Waals surface area contributed by atoms with E-state index in [0.717, 1.165) is 10.0 Å². The summed E-state index contributed by atoms with van der Waals surface area (Å²) in [5.41, 5.74) is 6.18. The zero-order chi connectivity index (χ0) is 15.5. The third-order valence-corrected chi connectivity index (χ3v) is 5.10. The number of carbonyl (C=O) groups excluding carboxylic acids is 1. The molecule has 0 aromatic heterocycles. The molecule has 21 heavy (non-hydrogen) atoms. The van der Waals surface area contributed by atoms with Gasteiger partial charge in [0.15, 0.2) is 0 Å². The van der Waals surface area contributed by atoms with Gasteiger partial charge in [-0.1, -0.05) is 46.3 Å². The van der Waals surface area contributed by atoms with E-state index < -0.39 is 5.41 Å². The van der Waals surface area contributed by atoms with E-state index in [2.05, 4.69) is 15.9 Å². The fourth-order valence-corrected chi connectivity index (χ4v) is 3.31. The Morgan fingerprint density at radius 2 is 2.05 bits per heavy atom. The van der Waals surface area contributed by atoms with Gasteiger partial charge in [-0.15, -0.1) is 0 Å². The minimum absolute atomic E-state index is 0.0194. The fourth-order valence-electron chi connectivity index (χ4n) is 2.60. The molecule has 2 rings (SSSR count). The second-order valence-corrected chi connectivity index (χ2v) is 6.61. The molecule has 0 unspecified atom stereocenters. The monoisotopic (exact) mass is 370 g/mol. The van der Waals surface area contributed by atoms with Gasteiger partial charge < -0.3 is 15.4 Å². The minimum atomic E-state index is -0.760. The molecule has 4 nitrogen and oxygen atoms in total. The van der Waals surface area contributed by atoms with E-state index in [1.54, 1.807) is 11.9 Å². The van der Waals surface area contributed by atoms with E-state index in [1.807, 2.05) is 24.3 Å². The van der Waals surface area contributed by atoms with Crippen molar-refractivity contribution in [3.05, 3.63) is 34.3 Å². The van der Waals surface area contributed by atoms with E-state index in [9.17, 15) is 4.79 Å². The number of carbonyl (C=O) groups is 1. The predicted octanol–water partition coefficient (Wildman–Crippen LogP) is 2.49. The van der Waals surface area contributed by atoms with Crippen LogP contribution in [0.2, 0.25) is 0 Å². The van der Waals surface area contributed by atoms with Crippen molar-refractivity contribution in [1.82, 2.24) is 4.90 Å². The van der Waals surface area contributed by atoms with E-state index in [4.69, 9.17) is 22.7 Å². The van der Waals surface area contributed by atoms with E-state index in [-0.39, 0.29) is 10.9 Å². The Labute approximate surface area is 138 Å². The summed E-state index contributed by atoms with van der Waals surface area (Å²) < 4.78 is 6.34. The van der Waals surface area contributed by atoms with Crippen LogP contribution >= 0.6 is 28.1 Å². The van der Waals surface area contributed by atoms with Gasteiger partial charge in [0.25, 0.3) is 0 Å². The van der Waals surface area contributed by atoms with Crippen molar-refractivity contribution < 1.29 is 9.53 Å². The Hall–Kier alpha value is -0.980. The van der Waals surface area contributed by atoms with Crippen molar-refractivity contribution >= 4 is 39.0 Å². The summed E-state index contributed by atoms with van der Waals surface area (Å²) in [6.45, 7) is 1.56. The summed E-state index contributed by atoms with van der Waals surface area (Å²) >= 11 is 8.68. The van der Waals surface area contributed by atoms with Gasteiger partial charge in [0, 0.05) is 31.3 Å². The van der Waals surface area contributed by atoms with Gasteiger partial charge in [-0.05, 0) is 24.5 Å². The average Bonchev–Trinajstić information content (AvgIpc) is 2.49. The summed E-state index contributed by atoms with van der Waals surface area (Å²) in [5, 5.41) is 0. The number of hydrogen-bond donors (Lipinski definition) is 1. The first-order valence-electron chi connectivity index (χ1n) is 6.84. The first-order valence-corrected chi connectivity index (χ1v) is 8.04. The largest absolute Gasteiger partial charge is 0.392 e. The van der Waals surface area contributed by atoms with Crippen LogP contribution < -0.4 is 5.73 Å². The smallest absolute Gasteiger partial charge is 0.235 e. The summed E-state index contributed by atoms with van der Waals surface area (Å²) in [7, 11) is 1.79. The number of benzene rings is 1. The van der Waals surface area contributed by atoms with Crippen molar-refractivity contribution in [2.75, 3.05) is 20.3 Å². The normalized spacial score (nSPS) is 17.2. The number of thiocarbonyl (C=S) groups is 1. The number of nitrogens with zero attached hydrogens (tertiary/aromatic N) is 1. The first kappa shape index (κ1) is 16.4. The molecule has 1 aromatic rings. The molecule has 0 atom stereocenters. The van der Waals surface area contributed by atoms with Crippen molar-refractivity contribution in [1.29, 1.82) is 0 Å². The van der Waals surface area contributed by atoms with Crippen LogP contribution in [0.25, 0.3) is 0 Å². The van der Waals surface area contributed by atoms with Crippen LogP contribution in [0.15, 0.2) is 28.7 Å². The van der Waals surface area contributed by atoms with Gasteiger partial charge in [0.2, 0.25) is 5.91 Å². The average molecular weight is 371 g/mol. The maximum absolute atomic E-state index is 12.9. The molecule has 6 heteroatoms. The number of rotatable bonds is 4. The molecule has 0 radical (unpaired) electrons. The van der Waals surface area contributed by atoms with Crippen LogP contribution in [0.1, 0.15) is 18.4 Å². The molecule has 1 saturated heterocycles. The SMILES string of the molecule is CN(Cc1ccccc1Br)C(=O)C1(C(N)=S)CCOCC1. The Balaban J connectivity index is 2.17. The van der Waals surface area contributed by atoms with Crippen molar-refractivity contribution in [2.24, 2.45) is 11.1 Å². The van der Waals surface area contributed by atoms with Gasteiger partial charge in [0.05, 0.1) is 4.99 Å². The molecule has 0 saturated carbocycles. The molecule has 2 N–H and O–H groups in total. The second kappa shape index (κ2) is 6.85. The molecule has 1 heterocycles. The van der Waals surface area contributed by atoms with Crippen LogP contribution in [0, 0.1) is 5.41 Å². The highest BCUT2D eigenvalue weighted by atomic mass is 79.9. The number of nitrogens with two attached hydrogens (primary N) is 1. The third-order valence-electron chi connectivity index (χ3n) is 3.94. The maximum atomic E-state index is 12.9. The highest BCUT2D eigenvalue weighted by Gasteiger charge is 2.44. The van der Waals surface area contributed by atoms with Crippen LogP contribution in [0.3, 0.4) is 0 Å². The van der Waals surface area contributed by atoms with Crippen LogP contribution in [0.5, 0.6) is 0 Å². The lowest BCUT2D eigenvalue weighted by molar-refractivity contribution is -0.141. The number of hydrogen-bond acceptors (Lipinski definition) is 3. The molecular formula is C15H19BrN2O2S. The number of ether oxygens (including phenoxy) is 1. The molecule has 0 spiro atoms. The molecule has 1 aliphatic rings. The molecule has 0 aliphatic carbocycles. The van der Waals surface area contributed by atoms with Crippen LogP contribution in [-0.2, 0) is 16.1 Å². The van der Waals surface area contributed by atoms with Gasteiger partial charge >= 0.3 is 0 Å². The Kier molecular flexibility index (Phi) is 5.35. The number of amides is 1. The molecular weight excluding hydrogens is 352 g/mol. The lowest BCUT2D eigenvalue weighted by atomic mass is 9.78. The minimum Gasteiger partial charge on any atom is -0.392 e. The maximum Gasteiger partial charge on any atom is 0.235 e. The Bertz CT molecular complexity index is 544. The van der Waals surface area contributed by atoms with Crippen LogP contribution in [-0.4, -0.2) is 36.1 Å². The standard InChI is InChI=1S/C15H19BrN2O2S/c1-18(10-11-4-2-3-5-12(11)16)14(19)15(13(17)21)6-8-20-9-7-15/h2-5H,6-10H2,1H3,(H2,17,21). The lowest BCUT2D eigenvalue weighted by Gasteiger charge is -2.37. The Morgan fingerprint density at radius 1 is 1.43 bits per heavy atom. The molecule has 0 bridgehead atoms. The second-order valence-electron chi connectivity index (χ2n) is 5.31. The number of halogens is 1. The van der Waals surface area contributed by atoms with E-state index in [0.29, 0.717) is 32.6 Å². The zero-order valence-corrected chi connectivity index (χ0v) is 14.4. The summed E-state index contributed by atoms with van der Waals surface area (Å²) in [6.07, 6.45) is 1.11. The van der Waals surface area contributed by atoms with Gasteiger partial charge in [0.1, 0.15) is 5.41 Å². The first-order chi connectivity index (χ1) is 9.97. The van der Waals surface area contributed by atoms with Gasteiger partial charge in [-0.3, -0.25) is 4.79 Å². The third kappa shape index (κ3) is 3.44. The zero-order valence-electron chi connectivity index (χ0n) is 12.0. The van der Waals surface area contributed by atoms with E-state index in [1.165, 1.54) is 0 Å². The highest BCUT2D eigenvalue weighted by molar-refractivity contribution is 9.10. The highest BCUT2D eigenvalue weighted by Crippen LogP contribution is 2.33. The molecule has 1 aromatic carbocycles. The Morgan fingerprint density at radius 3 is 2.62 bits per heavy atom. The summed E-state index contributed by atoms with van der Waals surface area (Å²) in [6, 6.07) is 7.86. The molecule has 114 valence electrons. The predicted molar refractivity (Wildman–Crippen MR) is 89.9 cm³/mol. The van der Waals surface area contributed by atoms with Crippen molar-refractivity contribution in [3.8, 4) is 0 Å². The topological polar surface area (TPSA) is 55.6 Å². The van der Waals surface area contributed by atoms with Crippen LogP contribution in [0.4, 0.5) is 0 Å². The lowest BCUT2D eigenvalue weighted by Crippen LogP contribution is -2.52. The van der Waals surface area contributed by atoms with Gasteiger partial charge in [-0.25, -0.2) is 0 Å². The van der Waals surface area contributed by atoms with Crippen molar-refractivity contribution in [2.45, 2.75) is 19.4 Å². The molecule has 1 amide bonds. The molecule has 1 fully saturated rings. The van der Waals surface area contributed by atoms with E-state index >= 15 is 0 Å². The summed E-state index contributed by atoms with van der Waals surface area (Å²) in [5.74, 6) is -0.0194. The molecule has 1 aliphatic heterocycles. The van der Waals surface area contributed by atoms with Gasteiger partial charge in [-0.2, -0.15) is 0 Å². The van der Waals surface area contributed by atoms with Crippen molar-refractivity contribution in [3.63, 3.8) is 0 Å². The quantitative estimate of drug-likeness (QED) is 0.827. The fraction of sp³-hybridized carbons (Fsp3) is 0.467. The summed E-state index contributed by atoms with van der Waals surface area (Å²) in [4.78, 5) is 14.8.